The molecule has 1 aliphatic rings. The monoisotopic (exact) mass is 311 g/mol. The quantitative estimate of drug-likeness (QED) is 0.851. The Morgan fingerprint density at radius 2 is 1.91 bits per heavy atom. The van der Waals surface area contributed by atoms with Gasteiger partial charge >= 0.3 is 0 Å². The third-order valence-corrected chi connectivity index (χ3v) is 4.10. The molecule has 0 radical (unpaired) electrons. The van der Waals surface area contributed by atoms with Gasteiger partial charge in [-0.25, -0.2) is 0 Å². The molecular weight excluding hydrogens is 290 g/mol. The van der Waals surface area contributed by atoms with E-state index in [4.69, 9.17) is 9.47 Å². The van der Waals surface area contributed by atoms with Crippen LogP contribution in [-0.4, -0.2) is 31.1 Å². The molecule has 4 nitrogen and oxygen atoms in total. The number of hydrogen-bond acceptors (Lipinski definition) is 3. The second kappa shape index (κ2) is 7.29. The van der Waals surface area contributed by atoms with Gasteiger partial charge < -0.3 is 14.4 Å². The number of para-hydroxylation sites is 1. The van der Waals surface area contributed by atoms with E-state index in [1.54, 1.807) is 7.11 Å². The second-order valence-electron chi connectivity index (χ2n) is 5.53. The van der Waals surface area contributed by atoms with E-state index in [-0.39, 0.29) is 12.1 Å². The van der Waals surface area contributed by atoms with Crippen LogP contribution in [0.1, 0.15) is 23.8 Å². The van der Waals surface area contributed by atoms with E-state index in [2.05, 4.69) is 0 Å². The molecule has 1 saturated heterocycles. The topological polar surface area (TPSA) is 38.8 Å². The summed E-state index contributed by atoms with van der Waals surface area (Å²) in [5.74, 6) is 0.944. The molecular formula is C19H21NO3. The predicted molar refractivity (Wildman–Crippen MR) is 88.2 cm³/mol. The Morgan fingerprint density at radius 1 is 1.17 bits per heavy atom. The molecule has 1 unspecified atom stereocenters. The number of benzene rings is 2. The van der Waals surface area contributed by atoms with Crippen LogP contribution in [0.4, 0.5) is 0 Å². The fourth-order valence-corrected chi connectivity index (χ4v) is 2.91. The van der Waals surface area contributed by atoms with Crippen LogP contribution in [0.15, 0.2) is 54.6 Å². The average molecular weight is 311 g/mol. The van der Waals surface area contributed by atoms with Gasteiger partial charge in [0.15, 0.2) is 6.23 Å². The Kier molecular flexibility index (Phi) is 4.93. The van der Waals surface area contributed by atoms with Gasteiger partial charge in [0.25, 0.3) is 0 Å². The lowest BCUT2D eigenvalue weighted by Gasteiger charge is -2.23. The van der Waals surface area contributed by atoms with Gasteiger partial charge in [-0.1, -0.05) is 48.5 Å². The van der Waals surface area contributed by atoms with Crippen LogP contribution in [0, 0.1) is 0 Å². The highest BCUT2D eigenvalue weighted by Crippen LogP contribution is 2.28. The van der Waals surface area contributed by atoms with Crippen molar-refractivity contribution in [3.8, 4) is 5.75 Å². The van der Waals surface area contributed by atoms with Crippen LogP contribution in [0.3, 0.4) is 0 Å². The van der Waals surface area contributed by atoms with Crippen molar-refractivity contribution in [3.05, 3.63) is 65.7 Å². The maximum atomic E-state index is 12.6. The van der Waals surface area contributed by atoms with Crippen molar-refractivity contribution in [1.29, 1.82) is 0 Å². The molecule has 1 amide bonds. The molecule has 0 saturated carbocycles. The summed E-state index contributed by atoms with van der Waals surface area (Å²) in [5.41, 5.74) is 2.08. The van der Waals surface area contributed by atoms with Gasteiger partial charge in [0.05, 0.1) is 13.7 Å². The Balaban J connectivity index is 1.66. The number of carbonyl (C=O) groups is 1. The SMILES string of the molecule is COc1ccccc1CCC(=O)N1CCOC1c1ccccc1. The maximum Gasteiger partial charge on any atom is 0.225 e. The summed E-state index contributed by atoms with van der Waals surface area (Å²) < 4.78 is 11.1. The summed E-state index contributed by atoms with van der Waals surface area (Å²) in [4.78, 5) is 14.4. The number of hydrogen-bond donors (Lipinski definition) is 0. The zero-order chi connectivity index (χ0) is 16.1. The lowest BCUT2D eigenvalue weighted by atomic mass is 10.1. The first-order valence-electron chi connectivity index (χ1n) is 7.87. The van der Waals surface area contributed by atoms with Crippen molar-refractivity contribution < 1.29 is 14.3 Å². The van der Waals surface area contributed by atoms with E-state index in [9.17, 15) is 4.79 Å². The highest BCUT2D eigenvalue weighted by Gasteiger charge is 2.30. The molecule has 0 N–H and O–H groups in total. The number of nitrogens with zero attached hydrogens (tertiary/aromatic N) is 1. The number of rotatable bonds is 5. The summed E-state index contributed by atoms with van der Waals surface area (Å²) in [6.07, 6.45) is 0.856. The minimum atomic E-state index is -0.263. The molecule has 3 rings (SSSR count). The van der Waals surface area contributed by atoms with Crippen molar-refractivity contribution >= 4 is 5.91 Å². The van der Waals surface area contributed by atoms with Crippen molar-refractivity contribution in [1.82, 2.24) is 4.90 Å². The van der Waals surface area contributed by atoms with Crippen LogP contribution in [0.5, 0.6) is 5.75 Å². The zero-order valence-electron chi connectivity index (χ0n) is 13.3. The molecule has 0 aliphatic carbocycles. The van der Waals surface area contributed by atoms with Crippen molar-refractivity contribution in [2.75, 3.05) is 20.3 Å². The molecule has 1 heterocycles. The molecule has 2 aromatic carbocycles. The smallest absolute Gasteiger partial charge is 0.225 e. The van der Waals surface area contributed by atoms with Gasteiger partial charge in [0.2, 0.25) is 5.91 Å². The molecule has 0 bridgehead atoms. The van der Waals surface area contributed by atoms with Gasteiger partial charge in [-0.2, -0.15) is 0 Å². The van der Waals surface area contributed by atoms with Crippen molar-refractivity contribution in [2.24, 2.45) is 0 Å². The fourth-order valence-electron chi connectivity index (χ4n) is 2.91. The van der Waals surface area contributed by atoms with E-state index < -0.39 is 0 Å². The highest BCUT2D eigenvalue weighted by molar-refractivity contribution is 5.77. The molecule has 0 aromatic heterocycles. The fraction of sp³-hybridized carbons (Fsp3) is 0.316. The minimum absolute atomic E-state index is 0.113. The number of carbonyl (C=O) groups excluding carboxylic acids is 1. The average Bonchev–Trinajstić information content (AvgIpc) is 3.10. The lowest BCUT2D eigenvalue weighted by Crippen LogP contribution is -2.31. The molecule has 0 spiro atoms. The third kappa shape index (κ3) is 3.54. The summed E-state index contributed by atoms with van der Waals surface area (Å²) in [5, 5.41) is 0. The Hall–Kier alpha value is -2.33. The minimum Gasteiger partial charge on any atom is -0.496 e. The number of aryl methyl sites for hydroxylation is 1. The van der Waals surface area contributed by atoms with Gasteiger partial charge in [-0.15, -0.1) is 0 Å². The maximum absolute atomic E-state index is 12.6. The molecule has 4 heteroatoms. The first-order valence-corrected chi connectivity index (χ1v) is 7.87. The van der Waals surface area contributed by atoms with Gasteiger partial charge in [-0.05, 0) is 18.1 Å². The lowest BCUT2D eigenvalue weighted by molar-refractivity contribution is -0.136. The van der Waals surface area contributed by atoms with Gasteiger partial charge in [0.1, 0.15) is 5.75 Å². The largest absolute Gasteiger partial charge is 0.496 e. The van der Waals surface area contributed by atoms with E-state index in [0.717, 1.165) is 16.9 Å². The summed E-state index contributed by atoms with van der Waals surface area (Å²) >= 11 is 0. The molecule has 23 heavy (non-hydrogen) atoms. The summed E-state index contributed by atoms with van der Waals surface area (Å²) in [6.45, 7) is 1.23. The number of ether oxygens (including phenoxy) is 2. The first-order chi connectivity index (χ1) is 11.3. The summed E-state index contributed by atoms with van der Waals surface area (Å²) in [6, 6.07) is 17.7. The Labute approximate surface area is 136 Å². The van der Waals surface area contributed by atoms with Crippen LogP contribution < -0.4 is 4.74 Å². The standard InChI is InChI=1S/C19H21NO3/c1-22-17-10-6-5-7-15(17)11-12-18(21)20-13-14-23-19(20)16-8-3-2-4-9-16/h2-10,19H,11-14H2,1H3. The Morgan fingerprint density at radius 3 is 2.70 bits per heavy atom. The van der Waals surface area contributed by atoms with Crippen LogP contribution in [-0.2, 0) is 16.0 Å². The summed E-state index contributed by atoms with van der Waals surface area (Å²) in [7, 11) is 1.65. The molecule has 1 fully saturated rings. The first kappa shape index (κ1) is 15.6. The zero-order valence-corrected chi connectivity index (χ0v) is 13.3. The number of methoxy groups -OCH3 is 1. The predicted octanol–water partition coefficient (Wildman–Crippen LogP) is 3.19. The second-order valence-corrected chi connectivity index (χ2v) is 5.53. The normalized spacial score (nSPS) is 17.3. The van der Waals surface area contributed by atoms with Crippen LogP contribution >= 0.6 is 0 Å². The molecule has 2 aromatic rings. The van der Waals surface area contributed by atoms with E-state index in [1.807, 2.05) is 59.5 Å². The van der Waals surface area contributed by atoms with E-state index in [1.165, 1.54) is 0 Å². The third-order valence-electron chi connectivity index (χ3n) is 4.10. The molecule has 120 valence electrons. The van der Waals surface area contributed by atoms with Gasteiger partial charge in [-0.3, -0.25) is 4.79 Å². The van der Waals surface area contributed by atoms with Crippen molar-refractivity contribution in [2.45, 2.75) is 19.1 Å². The molecule has 1 atom stereocenters. The highest BCUT2D eigenvalue weighted by atomic mass is 16.5. The van der Waals surface area contributed by atoms with Crippen LogP contribution in [0.2, 0.25) is 0 Å². The Bertz CT molecular complexity index is 657. The van der Waals surface area contributed by atoms with E-state index >= 15 is 0 Å². The van der Waals surface area contributed by atoms with E-state index in [0.29, 0.717) is 26.0 Å². The number of amides is 1. The van der Waals surface area contributed by atoms with Gasteiger partial charge in [0, 0.05) is 18.5 Å². The molecule has 1 aliphatic heterocycles. The van der Waals surface area contributed by atoms with Crippen LogP contribution in [0.25, 0.3) is 0 Å². The van der Waals surface area contributed by atoms with Crippen molar-refractivity contribution in [3.63, 3.8) is 0 Å².